The summed E-state index contributed by atoms with van der Waals surface area (Å²) in [5.41, 5.74) is 0.947. The van der Waals surface area contributed by atoms with Gasteiger partial charge in [0.1, 0.15) is 0 Å². The minimum Gasteiger partial charge on any atom is -0.342 e. The van der Waals surface area contributed by atoms with E-state index in [2.05, 4.69) is 15.2 Å². The predicted molar refractivity (Wildman–Crippen MR) is 79.1 cm³/mol. The standard InChI is InChI=1S/C15H21N5O2/c1-3-13-17-15(18-22-13)12-5-4-6-20(10-12)14(21)7-11-8-16-19(2)9-11/h8-9,12H,3-7,10H2,1-2H3/t12-/m1/s1. The van der Waals surface area contributed by atoms with Crippen LogP contribution >= 0.6 is 0 Å². The SMILES string of the molecule is CCc1nc([C@@H]2CCCN(C(=O)Cc3cnn(C)c3)C2)no1. The van der Waals surface area contributed by atoms with Crippen LogP contribution in [0.5, 0.6) is 0 Å². The molecule has 22 heavy (non-hydrogen) atoms. The third kappa shape index (κ3) is 3.18. The molecule has 0 unspecified atom stereocenters. The third-order valence-electron chi connectivity index (χ3n) is 4.04. The molecule has 0 aromatic carbocycles. The van der Waals surface area contributed by atoms with Crippen molar-refractivity contribution in [2.75, 3.05) is 13.1 Å². The molecule has 1 saturated heterocycles. The molecular formula is C15H21N5O2. The summed E-state index contributed by atoms with van der Waals surface area (Å²) in [5.74, 6) is 1.71. The molecule has 0 N–H and O–H groups in total. The molecule has 1 aliphatic rings. The average molecular weight is 303 g/mol. The first-order valence-corrected chi connectivity index (χ1v) is 7.73. The zero-order valence-corrected chi connectivity index (χ0v) is 13.0. The average Bonchev–Trinajstić information content (AvgIpc) is 3.16. The maximum Gasteiger partial charge on any atom is 0.227 e. The number of aromatic nitrogens is 4. The zero-order chi connectivity index (χ0) is 15.5. The second-order valence-corrected chi connectivity index (χ2v) is 5.78. The quantitative estimate of drug-likeness (QED) is 0.851. The van der Waals surface area contributed by atoms with E-state index in [4.69, 9.17) is 4.52 Å². The van der Waals surface area contributed by atoms with Crippen molar-refractivity contribution in [3.63, 3.8) is 0 Å². The number of hydrogen-bond acceptors (Lipinski definition) is 5. The number of carbonyl (C=O) groups is 1. The molecule has 118 valence electrons. The van der Waals surface area contributed by atoms with Crippen molar-refractivity contribution in [2.24, 2.45) is 7.05 Å². The zero-order valence-electron chi connectivity index (χ0n) is 13.0. The van der Waals surface area contributed by atoms with Crippen LogP contribution in [-0.4, -0.2) is 43.8 Å². The smallest absolute Gasteiger partial charge is 0.227 e. The topological polar surface area (TPSA) is 77.1 Å². The van der Waals surface area contributed by atoms with Crippen molar-refractivity contribution in [1.29, 1.82) is 0 Å². The first kappa shape index (κ1) is 14.7. The van der Waals surface area contributed by atoms with Crippen LogP contribution < -0.4 is 0 Å². The number of piperidine rings is 1. The van der Waals surface area contributed by atoms with E-state index in [1.54, 1.807) is 10.9 Å². The summed E-state index contributed by atoms with van der Waals surface area (Å²) in [5, 5.41) is 8.16. The van der Waals surface area contributed by atoms with Crippen LogP contribution in [0.1, 0.15) is 43.0 Å². The van der Waals surface area contributed by atoms with Crippen LogP contribution in [0.25, 0.3) is 0 Å². The number of likely N-dealkylation sites (tertiary alicyclic amines) is 1. The fourth-order valence-corrected chi connectivity index (χ4v) is 2.84. The van der Waals surface area contributed by atoms with Gasteiger partial charge in [-0.05, 0) is 18.4 Å². The minimum atomic E-state index is 0.136. The van der Waals surface area contributed by atoms with Crippen molar-refractivity contribution in [2.45, 2.75) is 38.5 Å². The Hall–Kier alpha value is -2.18. The Kier molecular flexibility index (Phi) is 4.22. The lowest BCUT2D eigenvalue weighted by Gasteiger charge is -2.31. The Bertz CT molecular complexity index is 648. The van der Waals surface area contributed by atoms with Gasteiger partial charge >= 0.3 is 0 Å². The molecular weight excluding hydrogens is 282 g/mol. The summed E-state index contributed by atoms with van der Waals surface area (Å²) < 4.78 is 6.90. The van der Waals surface area contributed by atoms with E-state index in [1.165, 1.54) is 0 Å². The molecule has 7 nitrogen and oxygen atoms in total. The molecule has 3 rings (SSSR count). The Morgan fingerprint density at radius 2 is 2.36 bits per heavy atom. The second kappa shape index (κ2) is 6.29. The molecule has 1 amide bonds. The van der Waals surface area contributed by atoms with Gasteiger partial charge in [0, 0.05) is 38.7 Å². The van der Waals surface area contributed by atoms with Crippen LogP contribution in [0.2, 0.25) is 0 Å². The molecule has 0 spiro atoms. The molecule has 0 radical (unpaired) electrons. The number of hydrogen-bond donors (Lipinski definition) is 0. The molecule has 2 aromatic rings. The second-order valence-electron chi connectivity index (χ2n) is 5.78. The molecule has 0 bridgehead atoms. The lowest BCUT2D eigenvalue weighted by atomic mass is 9.97. The summed E-state index contributed by atoms with van der Waals surface area (Å²) in [6.45, 7) is 3.46. The summed E-state index contributed by atoms with van der Waals surface area (Å²) in [7, 11) is 1.85. The number of rotatable bonds is 4. The Morgan fingerprint density at radius 3 is 3.05 bits per heavy atom. The van der Waals surface area contributed by atoms with Gasteiger partial charge in [0.15, 0.2) is 5.82 Å². The number of carbonyl (C=O) groups excluding carboxylic acids is 1. The highest BCUT2D eigenvalue weighted by Gasteiger charge is 2.28. The van der Waals surface area contributed by atoms with E-state index in [0.717, 1.165) is 37.2 Å². The first-order valence-electron chi connectivity index (χ1n) is 7.73. The molecule has 0 aliphatic carbocycles. The van der Waals surface area contributed by atoms with Gasteiger partial charge in [-0.25, -0.2) is 0 Å². The van der Waals surface area contributed by atoms with Crippen molar-refractivity contribution in [3.8, 4) is 0 Å². The molecule has 2 aromatic heterocycles. The van der Waals surface area contributed by atoms with E-state index < -0.39 is 0 Å². The van der Waals surface area contributed by atoms with Crippen LogP contribution in [0.3, 0.4) is 0 Å². The van der Waals surface area contributed by atoms with Crippen molar-refractivity contribution >= 4 is 5.91 Å². The summed E-state index contributed by atoms with van der Waals surface area (Å²) in [6, 6.07) is 0. The van der Waals surface area contributed by atoms with Crippen molar-refractivity contribution in [1.82, 2.24) is 24.8 Å². The lowest BCUT2D eigenvalue weighted by Crippen LogP contribution is -2.40. The van der Waals surface area contributed by atoms with Gasteiger partial charge in [-0.3, -0.25) is 9.48 Å². The summed E-state index contributed by atoms with van der Waals surface area (Å²) >= 11 is 0. The lowest BCUT2D eigenvalue weighted by molar-refractivity contribution is -0.131. The summed E-state index contributed by atoms with van der Waals surface area (Å²) in [6.07, 6.45) is 6.73. The fourth-order valence-electron chi connectivity index (χ4n) is 2.84. The monoisotopic (exact) mass is 303 g/mol. The Balaban J connectivity index is 1.63. The summed E-state index contributed by atoms with van der Waals surface area (Å²) in [4.78, 5) is 18.7. The van der Waals surface area contributed by atoms with Gasteiger partial charge in [0.25, 0.3) is 0 Å². The molecule has 7 heteroatoms. The van der Waals surface area contributed by atoms with Crippen molar-refractivity contribution < 1.29 is 9.32 Å². The van der Waals surface area contributed by atoms with Gasteiger partial charge in [-0.2, -0.15) is 10.1 Å². The highest BCUT2D eigenvalue weighted by Crippen LogP contribution is 2.25. The molecule has 3 heterocycles. The van der Waals surface area contributed by atoms with Crippen LogP contribution in [0.4, 0.5) is 0 Å². The first-order chi connectivity index (χ1) is 10.7. The fraction of sp³-hybridized carbons (Fsp3) is 0.600. The minimum absolute atomic E-state index is 0.136. The highest BCUT2D eigenvalue weighted by atomic mass is 16.5. The van der Waals surface area contributed by atoms with Gasteiger partial charge in [0.2, 0.25) is 11.8 Å². The van der Waals surface area contributed by atoms with Crippen molar-refractivity contribution in [3.05, 3.63) is 29.7 Å². The normalized spacial score (nSPS) is 18.6. The van der Waals surface area contributed by atoms with E-state index in [-0.39, 0.29) is 11.8 Å². The van der Waals surface area contributed by atoms with Gasteiger partial charge in [-0.1, -0.05) is 12.1 Å². The van der Waals surface area contributed by atoms with E-state index in [9.17, 15) is 4.79 Å². The van der Waals surface area contributed by atoms with Gasteiger partial charge in [0.05, 0.1) is 12.6 Å². The Labute approximate surface area is 129 Å². The number of nitrogens with zero attached hydrogens (tertiary/aromatic N) is 5. The van der Waals surface area contributed by atoms with E-state index in [0.29, 0.717) is 18.9 Å². The molecule has 1 atom stereocenters. The Morgan fingerprint density at radius 1 is 1.50 bits per heavy atom. The molecule has 0 saturated carbocycles. The van der Waals surface area contributed by atoms with Crippen LogP contribution in [0, 0.1) is 0 Å². The van der Waals surface area contributed by atoms with Gasteiger partial charge in [-0.15, -0.1) is 0 Å². The maximum atomic E-state index is 12.4. The maximum absolute atomic E-state index is 12.4. The van der Waals surface area contributed by atoms with Gasteiger partial charge < -0.3 is 9.42 Å². The van der Waals surface area contributed by atoms with E-state index in [1.807, 2.05) is 25.1 Å². The van der Waals surface area contributed by atoms with Crippen LogP contribution in [-0.2, 0) is 24.7 Å². The predicted octanol–water partition coefficient (Wildman–Crippen LogP) is 1.31. The van der Waals surface area contributed by atoms with E-state index >= 15 is 0 Å². The highest BCUT2D eigenvalue weighted by molar-refractivity contribution is 5.78. The largest absolute Gasteiger partial charge is 0.342 e. The number of aryl methyl sites for hydroxylation is 2. The molecule has 1 aliphatic heterocycles. The molecule has 1 fully saturated rings. The number of amides is 1. The van der Waals surface area contributed by atoms with Crippen LogP contribution in [0.15, 0.2) is 16.9 Å². The third-order valence-corrected chi connectivity index (χ3v) is 4.04.